The molecule has 0 aromatic heterocycles. The number of hydrogen-bond acceptors (Lipinski definition) is 2. The Labute approximate surface area is 117 Å². The monoisotopic (exact) mass is 272 g/mol. The van der Waals surface area contributed by atoms with E-state index in [9.17, 15) is 9.18 Å². The molecule has 0 aliphatic heterocycles. The minimum absolute atomic E-state index is 0.138. The van der Waals surface area contributed by atoms with Crippen LogP contribution >= 0.6 is 0 Å². The van der Waals surface area contributed by atoms with Gasteiger partial charge in [-0.1, -0.05) is 17.7 Å². The molecule has 0 spiro atoms. The van der Waals surface area contributed by atoms with E-state index in [1.807, 2.05) is 32.0 Å². The lowest BCUT2D eigenvalue weighted by Crippen LogP contribution is -2.22. The molecule has 0 saturated carbocycles. The summed E-state index contributed by atoms with van der Waals surface area (Å²) in [5.41, 5.74) is 3.70. The zero-order valence-corrected chi connectivity index (χ0v) is 11.5. The third kappa shape index (κ3) is 3.82. The highest BCUT2D eigenvalue weighted by Gasteiger charge is 2.04. The van der Waals surface area contributed by atoms with Gasteiger partial charge in [0.1, 0.15) is 5.82 Å². The first-order valence-electron chi connectivity index (χ1n) is 6.41. The van der Waals surface area contributed by atoms with Crippen LogP contribution in [0.5, 0.6) is 0 Å². The first kappa shape index (κ1) is 14.1. The van der Waals surface area contributed by atoms with Crippen molar-refractivity contribution in [1.29, 1.82) is 0 Å². The van der Waals surface area contributed by atoms with Crippen molar-refractivity contribution < 1.29 is 9.18 Å². The van der Waals surface area contributed by atoms with Crippen molar-refractivity contribution in [2.45, 2.75) is 13.8 Å². The molecule has 0 fully saturated rings. The summed E-state index contributed by atoms with van der Waals surface area (Å²) in [5, 5.41) is 5.79. The van der Waals surface area contributed by atoms with E-state index in [0.29, 0.717) is 5.69 Å². The molecule has 104 valence electrons. The molecule has 1 amide bonds. The Morgan fingerprint density at radius 3 is 2.45 bits per heavy atom. The summed E-state index contributed by atoms with van der Waals surface area (Å²) in [7, 11) is 0. The zero-order chi connectivity index (χ0) is 14.5. The van der Waals surface area contributed by atoms with E-state index in [4.69, 9.17) is 0 Å². The summed E-state index contributed by atoms with van der Waals surface area (Å²) in [4.78, 5) is 11.8. The quantitative estimate of drug-likeness (QED) is 0.894. The second-order valence-electron chi connectivity index (χ2n) is 4.73. The molecule has 0 saturated heterocycles. The Bertz CT molecular complexity index is 608. The van der Waals surface area contributed by atoms with Gasteiger partial charge in [0.25, 0.3) is 0 Å². The second kappa shape index (κ2) is 6.19. The lowest BCUT2D eigenvalue weighted by molar-refractivity contribution is -0.114. The summed E-state index contributed by atoms with van der Waals surface area (Å²) >= 11 is 0. The van der Waals surface area contributed by atoms with Gasteiger partial charge < -0.3 is 10.6 Å². The smallest absolute Gasteiger partial charge is 0.243 e. The van der Waals surface area contributed by atoms with Gasteiger partial charge in [0.15, 0.2) is 0 Å². The fourth-order valence-corrected chi connectivity index (χ4v) is 1.90. The number of carbonyl (C=O) groups excluding carboxylic acids is 1. The Hall–Kier alpha value is -2.36. The van der Waals surface area contributed by atoms with E-state index in [-0.39, 0.29) is 18.3 Å². The van der Waals surface area contributed by atoms with E-state index >= 15 is 0 Å². The molecule has 0 aliphatic rings. The van der Waals surface area contributed by atoms with Crippen molar-refractivity contribution in [1.82, 2.24) is 0 Å². The van der Waals surface area contributed by atoms with Crippen molar-refractivity contribution in [3.05, 3.63) is 59.4 Å². The van der Waals surface area contributed by atoms with Crippen LogP contribution in [0.15, 0.2) is 42.5 Å². The van der Waals surface area contributed by atoms with E-state index in [0.717, 1.165) is 16.8 Å². The number of amides is 1. The molecule has 0 heterocycles. The minimum atomic E-state index is -0.296. The summed E-state index contributed by atoms with van der Waals surface area (Å²) in [5.74, 6) is -0.434. The second-order valence-corrected chi connectivity index (χ2v) is 4.73. The van der Waals surface area contributed by atoms with Gasteiger partial charge in [0.2, 0.25) is 5.91 Å². The van der Waals surface area contributed by atoms with Crippen molar-refractivity contribution in [2.75, 3.05) is 17.2 Å². The number of benzene rings is 2. The van der Waals surface area contributed by atoms with E-state index < -0.39 is 0 Å². The summed E-state index contributed by atoms with van der Waals surface area (Å²) < 4.78 is 12.7. The highest BCUT2D eigenvalue weighted by molar-refractivity contribution is 5.94. The number of aryl methyl sites for hydroxylation is 2. The van der Waals surface area contributed by atoms with Crippen LogP contribution in [0, 0.1) is 19.7 Å². The number of rotatable bonds is 4. The predicted molar refractivity (Wildman–Crippen MR) is 79.4 cm³/mol. The molecule has 2 aromatic carbocycles. The minimum Gasteiger partial charge on any atom is -0.376 e. The lowest BCUT2D eigenvalue weighted by atomic mass is 10.1. The third-order valence-electron chi connectivity index (χ3n) is 2.95. The van der Waals surface area contributed by atoms with Gasteiger partial charge in [-0.15, -0.1) is 0 Å². The van der Waals surface area contributed by atoms with Crippen LogP contribution in [-0.4, -0.2) is 12.5 Å². The largest absolute Gasteiger partial charge is 0.376 e. The molecule has 2 rings (SSSR count). The number of nitrogens with one attached hydrogen (secondary N) is 2. The number of hydrogen-bond donors (Lipinski definition) is 2. The molecule has 2 N–H and O–H groups in total. The molecule has 20 heavy (non-hydrogen) atoms. The molecule has 0 aliphatic carbocycles. The average Bonchev–Trinajstić information content (AvgIpc) is 2.41. The van der Waals surface area contributed by atoms with E-state index in [1.165, 1.54) is 12.1 Å². The van der Waals surface area contributed by atoms with Crippen LogP contribution in [0.4, 0.5) is 15.8 Å². The van der Waals surface area contributed by atoms with Crippen LogP contribution in [0.1, 0.15) is 11.1 Å². The molecule has 4 heteroatoms. The highest BCUT2D eigenvalue weighted by Crippen LogP contribution is 2.16. The van der Waals surface area contributed by atoms with E-state index in [1.54, 1.807) is 12.1 Å². The molecule has 0 atom stereocenters. The highest BCUT2D eigenvalue weighted by atomic mass is 19.1. The van der Waals surface area contributed by atoms with Gasteiger partial charge in [-0.05, 0) is 49.7 Å². The number of halogens is 1. The van der Waals surface area contributed by atoms with Gasteiger partial charge >= 0.3 is 0 Å². The van der Waals surface area contributed by atoms with E-state index in [2.05, 4.69) is 10.6 Å². The summed E-state index contributed by atoms with van der Waals surface area (Å²) in [6.07, 6.45) is 0. The fraction of sp³-hybridized carbons (Fsp3) is 0.188. The van der Waals surface area contributed by atoms with Gasteiger partial charge in [0, 0.05) is 11.4 Å². The predicted octanol–water partition coefficient (Wildman–Crippen LogP) is 3.49. The Kier molecular flexibility index (Phi) is 4.35. The topological polar surface area (TPSA) is 41.1 Å². The molecule has 3 nitrogen and oxygen atoms in total. The third-order valence-corrected chi connectivity index (χ3v) is 2.95. The van der Waals surface area contributed by atoms with Crippen molar-refractivity contribution in [3.63, 3.8) is 0 Å². The first-order chi connectivity index (χ1) is 9.54. The van der Waals surface area contributed by atoms with Gasteiger partial charge in [-0.25, -0.2) is 4.39 Å². The summed E-state index contributed by atoms with van der Waals surface area (Å²) in [6, 6.07) is 11.8. The maximum absolute atomic E-state index is 12.7. The van der Waals surface area contributed by atoms with Gasteiger partial charge in [0.05, 0.1) is 6.54 Å². The van der Waals surface area contributed by atoms with Crippen LogP contribution < -0.4 is 10.6 Å². The molecule has 2 aromatic rings. The SMILES string of the molecule is Cc1ccc(NC(=O)CNc2ccc(F)cc2)c(C)c1. The summed E-state index contributed by atoms with van der Waals surface area (Å²) in [6.45, 7) is 4.10. The van der Waals surface area contributed by atoms with Crippen LogP contribution in [0.2, 0.25) is 0 Å². The number of carbonyl (C=O) groups is 1. The van der Waals surface area contributed by atoms with Crippen LogP contribution in [0.25, 0.3) is 0 Å². The van der Waals surface area contributed by atoms with Crippen molar-refractivity contribution >= 4 is 17.3 Å². The fourth-order valence-electron chi connectivity index (χ4n) is 1.90. The first-order valence-corrected chi connectivity index (χ1v) is 6.41. The Balaban J connectivity index is 1.90. The Morgan fingerprint density at radius 2 is 1.80 bits per heavy atom. The molecular weight excluding hydrogens is 255 g/mol. The zero-order valence-electron chi connectivity index (χ0n) is 11.5. The van der Waals surface area contributed by atoms with Crippen molar-refractivity contribution in [3.8, 4) is 0 Å². The normalized spacial score (nSPS) is 10.2. The average molecular weight is 272 g/mol. The molecular formula is C16H17FN2O. The maximum atomic E-state index is 12.7. The molecule has 0 unspecified atom stereocenters. The van der Waals surface area contributed by atoms with Crippen LogP contribution in [0.3, 0.4) is 0 Å². The van der Waals surface area contributed by atoms with Crippen molar-refractivity contribution in [2.24, 2.45) is 0 Å². The Morgan fingerprint density at radius 1 is 1.10 bits per heavy atom. The number of anilines is 2. The maximum Gasteiger partial charge on any atom is 0.243 e. The molecule has 0 radical (unpaired) electrons. The van der Waals surface area contributed by atoms with Gasteiger partial charge in [-0.3, -0.25) is 4.79 Å². The molecule has 0 bridgehead atoms. The standard InChI is InChI=1S/C16H17FN2O/c1-11-3-8-15(12(2)9-11)19-16(20)10-18-14-6-4-13(17)5-7-14/h3-9,18H,10H2,1-2H3,(H,19,20). The lowest BCUT2D eigenvalue weighted by Gasteiger charge is -2.10. The van der Waals surface area contributed by atoms with Crippen LogP contribution in [-0.2, 0) is 4.79 Å². The van der Waals surface area contributed by atoms with Gasteiger partial charge in [-0.2, -0.15) is 0 Å².